The third kappa shape index (κ3) is 3.97. The van der Waals surface area contributed by atoms with Crippen LogP contribution in [0.3, 0.4) is 0 Å². The first-order chi connectivity index (χ1) is 8.99. The third-order valence-corrected chi connectivity index (χ3v) is 3.98. The second-order valence-electron chi connectivity index (χ2n) is 6.87. The van der Waals surface area contributed by atoms with Crippen LogP contribution in [-0.4, -0.2) is 19.1 Å². The smallest absolute Gasteiger partial charge is 0.0412 e. The van der Waals surface area contributed by atoms with E-state index in [0.717, 1.165) is 19.6 Å². The molecule has 1 heterocycles. The van der Waals surface area contributed by atoms with Gasteiger partial charge in [0.05, 0.1) is 0 Å². The summed E-state index contributed by atoms with van der Waals surface area (Å²) in [5, 5.41) is 3.67. The molecule has 1 aromatic carbocycles. The molecule has 0 saturated carbocycles. The quantitative estimate of drug-likeness (QED) is 0.889. The summed E-state index contributed by atoms with van der Waals surface area (Å²) in [6.45, 7) is 12.5. The van der Waals surface area contributed by atoms with Crippen LogP contribution in [0.1, 0.15) is 46.1 Å². The van der Waals surface area contributed by atoms with Crippen molar-refractivity contribution in [2.24, 2.45) is 5.41 Å². The molecular formula is C17H28N2. The first-order valence-corrected chi connectivity index (χ1v) is 7.56. The fourth-order valence-electron chi connectivity index (χ4n) is 2.61. The zero-order chi connectivity index (χ0) is 13.9. The monoisotopic (exact) mass is 260 g/mol. The van der Waals surface area contributed by atoms with Gasteiger partial charge in [0.1, 0.15) is 0 Å². The van der Waals surface area contributed by atoms with E-state index in [4.69, 9.17) is 0 Å². The zero-order valence-electron chi connectivity index (χ0n) is 12.9. The lowest BCUT2D eigenvalue weighted by atomic mass is 9.92. The molecule has 1 unspecified atom stereocenters. The van der Waals surface area contributed by atoms with E-state index in [-0.39, 0.29) is 0 Å². The van der Waals surface area contributed by atoms with Gasteiger partial charge in [-0.1, -0.05) is 45.9 Å². The summed E-state index contributed by atoms with van der Waals surface area (Å²) >= 11 is 0. The predicted octanol–water partition coefficient (Wildman–Crippen LogP) is 3.81. The SMILES string of the molecule is CCC1CN(CCC(C)(C)C)c2ccccc2CN1. The number of nitrogens with zero attached hydrogens (tertiary/aromatic N) is 1. The Labute approximate surface area is 118 Å². The Morgan fingerprint density at radius 3 is 2.68 bits per heavy atom. The number of nitrogens with one attached hydrogen (secondary N) is 1. The number of hydrogen-bond donors (Lipinski definition) is 1. The molecular weight excluding hydrogens is 232 g/mol. The molecule has 0 amide bonds. The molecule has 0 saturated heterocycles. The highest BCUT2D eigenvalue weighted by molar-refractivity contribution is 5.54. The third-order valence-electron chi connectivity index (χ3n) is 3.98. The van der Waals surface area contributed by atoms with Crippen LogP contribution in [-0.2, 0) is 6.54 Å². The van der Waals surface area contributed by atoms with E-state index in [1.165, 1.54) is 24.1 Å². The van der Waals surface area contributed by atoms with Crippen LogP contribution in [0.15, 0.2) is 24.3 Å². The lowest BCUT2D eigenvalue weighted by molar-refractivity contribution is 0.374. The van der Waals surface area contributed by atoms with Crippen molar-refractivity contribution in [3.63, 3.8) is 0 Å². The van der Waals surface area contributed by atoms with Crippen molar-refractivity contribution in [2.75, 3.05) is 18.0 Å². The maximum absolute atomic E-state index is 3.67. The lowest BCUT2D eigenvalue weighted by Crippen LogP contribution is -2.39. The molecule has 1 aliphatic rings. The van der Waals surface area contributed by atoms with Gasteiger partial charge in [-0.3, -0.25) is 0 Å². The highest BCUT2D eigenvalue weighted by Crippen LogP contribution is 2.26. The van der Waals surface area contributed by atoms with Crippen LogP contribution in [0.2, 0.25) is 0 Å². The van der Waals surface area contributed by atoms with Gasteiger partial charge in [-0.15, -0.1) is 0 Å². The Morgan fingerprint density at radius 1 is 1.26 bits per heavy atom. The van der Waals surface area contributed by atoms with E-state index < -0.39 is 0 Å². The highest BCUT2D eigenvalue weighted by atomic mass is 15.2. The minimum atomic E-state index is 0.399. The summed E-state index contributed by atoms with van der Waals surface area (Å²) in [4.78, 5) is 2.58. The van der Waals surface area contributed by atoms with E-state index in [0.29, 0.717) is 11.5 Å². The van der Waals surface area contributed by atoms with E-state index >= 15 is 0 Å². The standard InChI is InChI=1S/C17H28N2/c1-5-15-13-19(11-10-17(2,3)4)16-9-7-6-8-14(16)12-18-15/h6-9,15,18H,5,10-13H2,1-4H3. The summed E-state index contributed by atoms with van der Waals surface area (Å²) < 4.78 is 0. The van der Waals surface area contributed by atoms with Gasteiger partial charge in [-0.25, -0.2) is 0 Å². The van der Waals surface area contributed by atoms with E-state index in [9.17, 15) is 0 Å². The molecule has 1 N–H and O–H groups in total. The van der Waals surface area contributed by atoms with Crippen molar-refractivity contribution in [1.29, 1.82) is 0 Å². The first-order valence-electron chi connectivity index (χ1n) is 7.56. The van der Waals surface area contributed by atoms with Crippen LogP contribution in [0, 0.1) is 5.41 Å². The highest BCUT2D eigenvalue weighted by Gasteiger charge is 2.21. The van der Waals surface area contributed by atoms with Gasteiger partial charge >= 0.3 is 0 Å². The second kappa shape index (κ2) is 5.96. The summed E-state index contributed by atoms with van der Waals surface area (Å²) in [5.74, 6) is 0. The fourth-order valence-corrected chi connectivity index (χ4v) is 2.61. The molecule has 106 valence electrons. The summed E-state index contributed by atoms with van der Waals surface area (Å²) in [6, 6.07) is 9.44. The molecule has 0 bridgehead atoms. The average Bonchev–Trinajstić information content (AvgIpc) is 2.55. The molecule has 0 aromatic heterocycles. The Kier molecular flexibility index (Phi) is 4.51. The van der Waals surface area contributed by atoms with Crippen LogP contribution in [0.5, 0.6) is 0 Å². The molecule has 19 heavy (non-hydrogen) atoms. The molecule has 0 spiro atoms. The van der Waals surface area contributed by atoms with Gasteiger partial charge in [0, 0.05) is 31.4 Å². The van der Waals surface area contributed by atoms with Crippen molar-refractivity contribution in [1.82, 2.24) is 5.32 Å². The van der Waals surface area contributed by atoms with E-state index in [1.54, 1.807) is 0 Å². The van der Waals surface area contributed by atoms with Gasteiger partial charge in [-0.2, -0.15) is 0 Å². The van der Waals surface area contributed by atoms with Gasteiger partial charge in [0.25, 0.3) is 0 Å². The molecule has 2 rings (SSSR count). The number of anilines is 1. The number of fused-ring (bicyclic) bond motifs is 1. The molecule has 1 aliphatic heterocycles. The molecule has 0 radical (unpaired) electrons. The minimum Gasteiger partial charge on any atom is -0.370 e. The average molecular weight is 260 g/mol. The van der Waals surface area contributed by atoms with Crippen molar-refractivity contribution in [3.8, 4) is 0 Å². The Hall–Kier alpha value is -1.02. The fraction of sp³-hybridized carbons (Fsp3) is 0.647. The van der Waals surface area contributed by atoms with Gasteiger partial charge in [0.15, 0.2) is 0 Å². The van der Waals surface area contributed by atoms with Gasteiger partial charge in [0.2, 0.25) is 0 Å². The molecule has 2 nitrogen and oxygen atoms in total. The summed E-state index contributed by atoms with van der Waals surface area (Å²) in [7, 11) is 0. The van der Waals surface area contributed by atoms with Crippen molar-refractivity contribution in [2.45, 2.75) is 53.1 Å². The number of rotatable bonds is 3. The number of benzene rings is 1. The summed E-state index contributed by atoms with van der Waals surface area (Å²) in [5.41, 5.74) is 3.26. The van der Waals surface area contributed by atoms with E-state index in [1.807, 2.05) is 0 Å². The summed E-state index contributed by atoms with van der Waals surface area (Å²) in [6.07, 6.45) is 2.43. The number of para-hydroxylation sites is 1. The molecule has 0 aliphatic carbocycles. The Morgan fingerprint density at radius 2 is 2.00 bits per heavy atom. The zero-order valence-corrected chi connectivity index (χ0v) is 12.9. The van der Waals surface area contributed by atoms with Gasteiger partial charge in [-0.05, 0) is 29.9 Å². The van der Waals surface area contributed by atoms with Crippen molar-refractivity contribution >= 4 is 5.69 Å². The molecule has 1 aromatic rings. The second-order valence-corrected chi connectivity index (χ2v) is 6.87. The molecule has 2 heteroatoms. The Bertz CT molecular complexity index is 406. The van der Waals surface area contributed by atoms with Crippen molar-refractivity contribution in [3.05, 3.63) is 29.8 Å². The predicted molar refractivity (Wildman–Crippen MR) is 83.6 cm³/mol. The van der Waals surface area contributed by atoms with Crippen molar-refractivity contribution < 1.29 is 0 Å². The Balaban J connectivity index is 2.17. The minimum absolute atomic E-state index is 0.399. The van der Waals surface area contributed by atoms with Crippen LogP contribution < -0.4 is 10.2 Å². The number of hydrogen-bond acceptors (Lipinski definition) is 2. The lowest BCUT2D eigenvalue weighted by Gasteiger charge is -2.30. The van der Waals surface area contributed by atoms with Gasteiger partial charge < -0.3 is 10.2 Å². The molecule has 1 atom stereocenters. The topological polar surface area (TPSA) is 15.3 Å². The van der Waals surface area contributed by atoms with Crippen LogP contribution >= 0.6 is 0 Å². The first kappa shape index (κ1) is 14.4. The van der Waals surface area contributed by atoms with Crippen LogP contribution in [0.4, 0.5) is 5.69 Å². The van der Waals surface area contributed by atoms with E-state index in [2.05, 4.69) is 62.2 Å². The normalized spacial score (nSPS) is 20.0. The maximum atomic E-state index is 3.67. The largest absolute Gasteiger partial charge is 0.370 e. The maximum Gasteiger partial charge on any atom is 0.0412 e. The molecule has 0 fully saturated rings. The van der Waals surface area contributed by atoms with Crippen LogP contribution in [0.25, 0.3) is 0 Å².